The van der Waals surface area contributed by atoms with Crippen LogP contribution in [-0.2, 0) is 48.3 Å². The number of hydrogen-bond donors (Lipinski definition) is 0. The van der Waals surface area contributed by atoms with E-state index in [0.29, 0.717) is 40.8 Å². The van der Waals surface area contributed by atoms with E-state index in [1.165, 1.54) is 19.1 Å². The number of nitrogens with zero attached hydrogens (tertiary/aromatic N) is 1. The summed E-state index contributed by atoms with van der Waals surface area (Å²) in [6, 6.07) is 14.7. The molecule has 0 bridgehead atoms. The molecule has 0 saturated carbocycles. The second kappa shape index (κ2) is 14.5. The van der Waals surface area contributed by atoms with Gasteiger partial charge in [0.05, 0.1) is 32.7 Å². The highest BCUT2D eigenvalue weighted by Crippen LogP contribution is 2.36. The van der Waals surface area contributed by atoms with Crippen LogP contribution in [0.15, 0.2) is 70.2 Å². The van der Waals surface area contributed by atoms with Crippen molar-refractivity contribution in [2.75, 3.05) is 12.8 Å². The average Bonchev–Trinajstić information content (AvgIpc) is 3.51. The van der Waals surface area contributed by atoms with Crippen molar-refractivity contribution in [2.24, 2.45) is 5.92 Å². The van der Waals surface area contributed by atoms with E-state index in [1.54, 1.807) is 48.4 Å². The summed E-state index contributed by atoms with van der Waals surface area (Å²) < 4.78 is 40.2. The van der Waals surface area contributed by atoms with E-state index in [4.69, 9.17) is 37.1 Å². The zero-order valence-electron chi connectivity index (χ0n) is 26.5. The number of ether oxygens (including phenoxy) is 2. The van der Waals surface area contributed by atoms with E-state index >= 15 is 0 Å². The Morgan fingerprint density at radius 3 is 2.52 bits per heavy atom. The maximum atomic E-state index is 13.8. The summed E-state index contributed by atoms with van der Waals surface area (Å²) >= 11 is 13.5. The van der Waals surface area contributed by atoms with Crippen molar-refractivity contribution >= 4 is 67.6 Å². The molecule has 2 atom stereocenters. The summed E-state index contributed by atoms with van der Waals surface area (Å²) in [7, 11) is -3.54. The van der Waals surface area contributed by atoms with E-state index in [9.17, 15) is 27.6 Å². The predicted molar refractivity (Wildman–Crippen MR) is 179 cm³/mol. The Morgan fingerprint density at radius 2 is 1.79 bits per heavy atom. The van der Waals surface area contributed by atoms with Gasteiger partial charge in [0.15, 0.2) is 15.6 Å². The number of amides is 1. The number of rotatable bonds is 11. The predicted octanol–water partition coefficient (Wildman–Crippen LogP) is 6.62. The molecule has 0 N–H and O–H groups in total. The van der Waals surface area contributed by atoms with Gasteiger partial charge < -0.3 is 18.8 Å². The quantitative estimate of drug-likeness (QED) is 0.0954. The van der Waals surface area contributed by atoms with Crippen LogP contribution in [0.4, 0.5) is 0 Å². The average molecular weight is 715 g/mol. The summed E-state index contributed by atoms with van der Waals surface area (Å²) in [6.07, 6.45) is 1.42. The molecule has 0 saturated heterocycles. The molecule has 1 amide bonds. The lowest BCUT2D eigenvalue weighted by Gasteiger charge is -2.30. The van der Waals surface area contributed by atoms with Crippen molar-refractivity contribution in [1.82, 2.24) is 4.90 Å². The number of esters is 2. The van der Waals surface area contributed by atoms with Crippen LogP contribution in [0.2, 0.25) is 10.0 Å². The van der Waals surface area contributed by atoms with E-state index in [0.717, 1.165) is 11.6 Å². The number of benzene rings is 3. The number of fused-ring (bicyclic) bond motifs is 2. The molecular formula is C35H33Cl2NO9S. The topological polar surface area (TPSA) is 137 Å². The third-order valence-electron chi connectivity index (χ3n) is 8.12. The van der Waals surface area contributed by atoms with Crippen molar-refractivity contribution in [3.63, 3.8) is 0 Å². The Hall–Kier alpha value is -4.19. The van der Waals surface area contributed by atoms with Gasteiger partial charge in [0, 0.05) is 50.1 Å². The number of carbonyl (C=O) groups is 4. The lowest BCUT2D eigenvalue weighted by atomic mass is 9.89. The molecule has 0 fully saturated rings. The summed E-state index contributed by atoms with van der Waals surface area (Å²) in [5.74, 6) is -3.21. The van der Waals surface area contributed by atoms with Gasteiger partial charge in [-0.25, -0.2) is 8.42 Å². The van der Waals surface area contributed by atoms with Crippen molar-refractivity contribution < 1.29 is 41.5 Å². The van der Waals surface area contributed by atoms with Gasteiger partial charge in [0.2, 0.25) is 6.29 Å². The van der Waals surface area contributed by atoms with Crippen LogP contribution in [0.1, 0.15) is 64.1 Å². The standard InChI is InChI=1S/C35H33Cl2NO9S/c1-4-31(40)46-20(2)47-35(42)24(14-21-6-5-7-26(15-21)48(3,43)44)17-29(39)32-28(36)16-25-19-38(12-10-27(25)33(32)37)34(41)23-9-8-22-11-13-45-30(22)18-23/h5-9,11,13,15-16,18,20,24H,4,10,12,14,17,19H2,1-3H3/t20?,24-/m1/s1. The Bertz CT molecular complexity index is 2020. The lowest BCUT2D eigenvalue weighted by molar-refractivity contribution is -0.187. The van der Waals surface area contributed by atoms with E-state index in [-0.39, 0.29) is 52.2 Å². The van der Waals surface area contributed by atoms with Crippen LogP contribution in [-0.4, -0.2) is 56.0 Å². The normalized spacial score (nSPS) is 14.2. The summed E-state index contributed by atoms with van der Waals surface area (Å²) in [5.41, 5.74) is 2.96. The van der Waals surface area contributed by atoms with Gasteiger partial charge in [-0.2, -0.15) is 0 Å². The fourth-order valence-electron chi connectivity index (χ4n) is 5.66. The molecule has 3 aromatic carbocycles. The summed E-state index contributed by atoms with van der Waals surface area (Å²) in [4.78, 5) is 54.0. The van der Waals surface area contributed by atoms with E-state index < -0.39 is 39.8 Å². The number of furan rings is 1. The minimum Gasteiger partial charge on any atom is -0.464 e. The van der Waals surface area contributed by atoms with Gasteiger partial charge in [-0.3, -0.25) is 19.2 Å². The molecule has 0 aliphatic carbocycles. The molecule has 1 aromatic heterocycles. The van der Waals surface area contributed by atoms with Crippen LogP contribution >= 0.6 is 23.2 Å². The molecule has 252 valence electrons. The molecule has 0 spiro atoms. The Balaban J connectivity index is 1.38. The van der Waals surface area contributed by atoms with Crippen molar-refractivity contribution in [2.45, 2.75) is 57.3 Å². The van der Waals surface area contributed by atoms with Crippen molar-refractivity contribution in [3.8, 4) is 0 Å². The second-order valence-electron chi connectivity index (χ2n) is 11.6. The molecule has 5 rings (SSSR count). The highest BCUT2D eigenvalue weighted by atomic mass is 35.5. The molecule has 1 aliphatic rings. The summed E-state index contributed by atoms with van der Waals surface area (Å²) in [6.45, 7) is 3.54. The molecule has 4 aromatic rings. The first-order chi connectivity index (χ1) is 22.7. The third kappa shape index (κ3) is 7.91. The van der Waals surface area contributed by atoms with Gasteiger partial charge >= 0.3 is 11.9 Å². The number of hydrogen-bond acceptors (Lipinski definition) is 9. The largest absolute Gasteiger partial charge is 0.464 e. The number of ketones is 1. The first-order valence-electron chi connectivity index (χ1n) is 15.2. The number of sulfone groups is 1. The zero-order chi connectivity index (χ0) is 34.7. The van der Waals surface area contributed by atoms with Crippen LogP contribution in [0.3, 0.4) is 0 Å². The van der Waals surface area contributed by atoms with Gasteiger partial charge in [0.25, 0.3) is 5.91 Å². The second-order valence-corrected chi connectivity index (χ2v) is 14.4. The van der Waals surface area contributed by atoms with Crippen LogP contribution in [0.25, 0.3) is 11.0 Å². The fourth-order valence-corrected chi connectivity index (χ4v) is 7.15. The highest BCUT2D eigenvalue weighted by Gasteiger charge is 2.32. The Labute approximate surface area is 287 Å². The Morgan fingerprint density at radius 1 is 1.02 bits per heavy atom. The van der Waals surface area contributed by atoms with Crippen LogP contribution in [0.5, 0.6) is 0 Å². The zero-order valence-corrected chi connectivity index (χ0v) is 28.8. The van der Waals surface area contributed by atoms with E-state index in [2.05, 4.69) is 0 Å². The van der Waals surface area contributed by atoms with Crippen LogP contribution in [0, 0.1) is 5.92 Å². The first kappa shape index (κ1) is 35.1. The highest BCUT2D eigenvalue weighted by molar-refractivity contribution is 7.90. The molecule has 10 nitrogen and oxygen atoms in total. The molecule has 0 radical (unpaired) electrons. The van der Waals surface area contributed by atoms with Gasteiger partial charge in [-0.15, -0.1) is 0 Å². The maximum Gasteiger partial charge on any atom is 0.312 e. The number of Topliss-reactive ketones (excluding diaryl/α,β-unsaturated/α-hetero) is 1. The van der Waals surface area contributed by atoms with E-state index in [1.807, 2.05) is 12.1 Å². The Kier molecular flexibility index (Phi) is 10.6. The van der Waals surface area contributed by atoms with Crippen molar-refractivity contribution in [1.29, 1.82) is 0 Å². The molecule has 2 heterocycles. The minimum absolute atomic E-state index is 0.0354. The smallest absolute Gasteiger partial charge is 0.312 e. The minimum atomic E-state index is -3.54. The first-order valence-corrected chi connectivity index (χ1v) is 17.9. The van der Waals surface area contributed by atoms with Crippen molar-refractivity contribution in [3.05, 3.63) is 98.7 Å². The monoisotopic (exact) mass is 713 g/mol. The van der Waals surface area contributed by atoms with Crippen LogP contribution < -0.4 is 0 Å². The molecule has 1 unspecified atom stereocenters. The van der Waals surface area contributed by atoms with Gasteiger partial charge in [0.1, 0.15) is 5.58 Å². The van der Waals surface area contributed by atoms with Gasteiger partial charge in [-0.05, 0) is 65.9 Å². The summed E-state index contributed by atoms with van der Waals surface area (Å²) in [5, 5.41) is 1.09. The fraction of sp³-hybridized carbons (Fsp3) is 0.314. The lowest BCUT2D eigenvalue weighted by Crippen LogP contribution is -2.36. The van der Waals surface area contributed by atoms with Gasteiger partial charge in [-0.1, -0.05) is 48.3 Å². The number of halogens is 2. The molecule has 13 heteroatoms. The third-order valence-corrected chi connectivity index (χ3v) is 9.94. The number of carbonyl (C=O) groups excluding carboxylic acids is 4. The molecule has 48 heavy (non-hydrogen) atoms. The SMILES string of the molecule is CCC(=O)OC(C)OC(=O)[C@@H](CC(=O)c1c(Cl)cc2c(c1Cl)CCN(C(=O)c1ccc3ccoc3c1)C2)Cc1cccc(S(C)(=O)=O)c1. The maximum absolute atomic E-state index is 13.8. The molecular weight excluding hydrogens is 681 g/mol. The molecule has 1 aliphatic heterocycles.